The van der Waals surface area contributed by atoms with E-state index in [2.05, 4.69) is 10.3 Å². The fourth-order valence-corrected chi connectivity index (χ4v) is 2.36. The molecule has 0 unspecified atom stereocenters. The standard InChI is InChI=1S/C20H22F2N4O.HI/c1-3-24-20(25-14-16-12-15(13-23)8-9-17(16)21)26(2)10-11-27-19-7-5-4-6-18(19)22;/h4-9,12H,3,10-11,14H2,1-2H3,(H,24,25);1H. The zero-order valence-corrected chi connectivity index (χ0v) is 18.1. The van der Waals surface area contributed by atoms with Crippen LogP contribution in [0.15, 0.2) is 47.5 Å². The molecule has 0 bridgehead atoms. The summed E-state index contributed by atoms with van der Waals surface area (Å²) in [5, 5.41) is 12.1. The summed E-state index contributed by atoms with van der Waals surface area (Å²) in [6, 6.07) is 12.4. The van der Waals surface area contributed by atoms with Crippen LogP contribution in [0, 0.1) is 23.0 Å². The molecule has 0 saturated carbocycles. The van der Waals surface area contributed by atoms with Crippen LogP contribution >= 0.6 is 24.0 Å². The quantitative estimate of drug-likeness (QED) is 0.356. The minimum Gasteiger partial charge on any atom is -0.489 e. The molecule has 8 heteroatoms. The lowest BCUT2D eigenvalue weighted by Gasteiger charge is -2.22. The Kier molecular flexibility index (Phi) is 10.2. The van der Waals surface area contributed by atoms with Crippen molar-refractivity contribution >= 4 is 29.9 Å². The van der Waals surface area contributed by atoms with Crippen molar-refractivity contribution < 1.29 is 13.5 Å². The maximum Gasteiger partial charge on any atom is 0.194 e. The van der Waals surface area contributed by atoms with Gasteiger partial charge in [0.1, 0.15) is 12.4 Å². The largest absolute Gasteiger partial charge is 0.489 e. The zero-order chi connectivity index (χ0) is 19.6. The second kappa shape index (κ2) is 12.1. The highest BCUT2D eigenvalue weighted by atomic mass is 127. The first-order valence-electron chi connectivity index (χ1n) is 8.60. The highest BCUT2D eigenvalue weighted by Gasteiger charge is 2.09. The number of nitriles is 1. The summed E-state index contributed by atoms with van der Waals surface area (Å²) in [5.41, 5.74) is 0.735. The van der Waals surface area contributed by atoms with Crippen molar-refractivity contribution in [2.24, 2.45) is 4.99 Å². The van der Waals surface area contributed by atoms with Gasteiger partial charge in [-0.2, -0.15) is 5.26 Å². The Balaban J connectivity index is 0.00000392. The van der Waals surface area contributed by atoms with Crippen LogP contribution in [-0.2, 0) is 6.54 Å². The first-order valence-corrected chi connectivity index (χ1v) is 8.60. The number of hydrogen-bond donors (Lipinski definition) is 1. The smallest absolute Gasteiger partial charge is 0.194 e. The predicted octanol–water partition coefficient (Wildman–Crippen LogP) is 3.93. The number of rotatable bonds is 7. The van der Waals surface area contributed by atoms with Crippen LogP contribution in [0.25, 0.3) is 0 Å². The number of para-hydroxylation sites is 1. The number of halogens is 3. The summed E-state index contributed by atoms with van der Waals surface area (Å²) < 4.78 is 32.9. The van der Waals surface area contributed by atoms with Crippen molar-refractivity contribution in [1.29, 1.82) is 5.26 Å². The Morgan fingerprint density at radius 2 is 1.96 bits per heavy atom. The fraction of sp³-hybridized carbons (Fsp3) is 0.300. The van der Waals surface area contributed by atoms with Gasteiger partial charge in [0, 0.05) is 19.2 Å². The number of ether oxygens (including phenoxy) is 1. The molecule has 2 aromatic carbocycles. The Morgan fingerprint density at radius 1 is 1.21 bits per heavy atom. The van der Waals surface area contributed by atoms with Gasteiger partial charge in [-0.1, -0.05) is 12.1 Å². The van der Waals surface area contributed by atoms with Crippen LogP contribution in [0.1, 0.15) is 18.1 Å². The highest BCUT2D eigenvalue weighted by molar-refractivity contribution is 14.0. The lowest BCUT2D eigenvalue weighted by Crippen LogP contribution is -2.40. The molecule has 0 saturated heterocycles. The van der Waals surface area contributed by atoms with Crippen LogP contribution in [0.4, 0.5) is 8.78 Å². The van der Waals surface area contributed by atoms with Crippen molar-refractivity contribution in [2.45, 2.75) is 13.5 Å². The molecule has 0 aromatic heterocycles. The number of nitrogens with one attached hydrogen (secondary N) is 1. The molecule has 0 fully saturated rings. The molecule has 2 rings (SSSR count). The van der Waals surface area contributed by atoms with Crippen LogP contribution in [0.2, 0.25) is 0 Å². The third kappa shape index (κ3) is 6.96. The van der Waals surface area contributed by atoms with Gasteiger partial charge in [0.15, 0.2) is 17.5 Å². The minimum absolute atomic E-state index is 0. The first kappa shape index (κ1) is 23.6. The molecular formula is C20H23F2IN4O. The van der Waals surface area contributed by atoms with Gasteiger partial charge in [-0.25, -0.2) is 13.8 Å². The van der Waals surface area contributed by atoms with E-state index in [0.29, 0.717) is 30.2 Å². The zero-order valence-electron chi connectivity index (χ0n) is 15.8. The first-order chi connectivity index (χ1) is 13.0. The summed E-state index contributed by atoms with van der Waals surface area (Å²) in [4.78, 5) is 6.23. The molecule has 0 radical (unpaired) electrons. The summed E-state index contributed by atoms with van der Waals surface area (Å²) in [7, 11) is 1.81. The third-order valence-electron chi connectivity index (χ3n) is 3.79. The van der Waals surface area contributed by atoms with Gasteiger partial charge in [0.05, 0.1) is 24.7 Å². The van der Waals surface area contributed by atoms with Gasteiger partial charge in [-0.3, -0.25) is 0 Å². The van der Waals surface area contributed by atoms with Gasteiger partial charge in [-0.05, 0) is 37.3 Å². The average Bonchev–Trinajstić information content (AvgIpc) is 2.67. The predicted molar refractivity (Wildman–Crippen MR) is 116 cm³/mol. The van der Waals surface area contributed by atoms with Crippen molar-refractivity contribution in [3.63, 3.8) is 0 Å². The lowest BCUT2D eigenvalue weighted by atomic mass is 10.1. The average molecular weight is 500 g/mol. The Hall–Kier alpha value is -2.41. The van der Waals surface area contributed by atoms with E-state index in [4.69, 9.17) is 10.00 Å². The second-order valence-corrected chi connectivity index (χ2v) is 5.79. The maximum absolute atomic E-state index is 13.9. The van der Waals surface area contributed by atoms with Gasteiger partial charge in [-0.15, -0.1) is 24.0 Å². The van der Waals surface area contributed by atoms with Crippen LogP contribution in [0.3, 0.4) is 0 Å². The molecule has 0 heterocycles. The number of benzene rings is 2. The summed E-state index contributed by atoms with van der Waals surface area (Å²) in [6.07, 6.45) is 0. The number of guanidine groups is 1. The normalized spacial score (nSPS) is 10.6. The number of likely N-dealkylation sites (N-methyl/N-ethyl adjacent to an activating group) is 1. The third-order valence-corrected chi connectivity index (χ3v) is 3.79. The van der Waals surface area contributed by atoms with Crippen LogP contribution < -0.4 is 10.1 Å². The van der Waals surface area contributed by atoms with E-state index in [1.54, 1.807) is 18.2 Å². The Labute approximate surface area is 181 Å². The second-order valence-electron chi connectivity index (χ2n) is 5.79. The maximum atomic E-state index is 13.9. The van der Waals surface area contributed by atoms with Crippen molar-refractivity contribution in [2.75, 3.05) is 26.7 Å². The van der Waals surface area contributed by atoms with Crippen molar-refractivity contribution in [3.8, 4) is 11.8 Å². The molecule has 0 atom stereocenters. The number of aliphatic imine (C=N–C) groups is 1. The van der Waals surface area contributed by atoms with E-state index in [9.17, 15) is 8.78 Å². The van der Waals surface area contributed by atoms with E-state index in [0.717, 1.165) is 0 Å². The minimum atomic E-state index is -0.409. The molecular weight excluding hydrogens is 477 g/mol. The van der Waals surface area contributed by atoms with E-state index >= 15 is 0 Å². The molecule has 150 valence electrons. The van der Waals surface area contributed by atoms with Gasteiger partial charge < -0.3 is 15.0 Å². The lowest BCUT2D eigenvalue weighted by molar-refractivity contribution is 0.270. The molecule has 0 aliphatic carbocycles. The van der Waals surface area contributed by atoms with Gasteiger partial charge >= 0.3 is 0 Å². The van der Waals surface area contributed by atoms with Crippen LogP contribution in [0.5, 0.6) is 5.75 Å². The SMILES string of the molecule is CCNC(=NCc1cc(C#N)ccc1F)N(C)CCOc1ccccc1F.I. The van der Waals surface area contributed by atoms with E-state index in [1.165, 1.54) is 24.3 Å². The summed E-state index contributed by atoms with van der Waals surface area (Å²) in [5.74, 6) is -0.0488. The van der Waals surface area contributed by atoms with Crippen molar-refractivity contribution in [1.82, 2.24) is 10.2 Å². The van der Waals surface area contributed by atoms with Crippen molar-refractivity contribution in [3.05, 3.63) is 65.2 Å². The number of nitrogens with zero attached hydrogens (tertiary/aromatic N) is 3. The van der Waals surface area contributed by atoms with E-state index < -0.39 is 11.6 Å². The monoisotopic (exact) mass is 500 g/mol. The molecule has 0 amide bonds. The topological polar surface area (TPSA) is 60.7 Å². The van der Waals surface area contributed by atoms with Gasteiger partial charge in [0.2, 0.25) is 0 Å². The molecule has 1 N–H and O–H groups in total. The van der Waals surface area contributed by atoms with Gasteiger partial charge in [0.25, 0.3) is 0 Å². The molecule has 0 spiro atoms. The van der Waals surface area contributed by atoms with E-state index in [-0.39, 0.29) is 42.9 Å². The molecule has 0 aliphatic rings. The fourth-order valence-electron chi connectivity index (χ4n) is 2.36. The summed E-state index contributed by atoms with van der Waals surface area (Å²) in [6.45, 7) is 3.39. The molecule has 0 aliphatic heterocycles. The molecule has 28 heavy (non-hydrogen) atoms. The van der Waals surface area contributed by atoms with Crippen LogP contribution in [-0.4, -0.2) is 37.6 Å². The highest BCUT2D eigenvalue weighted by Crippen LogP contribution is 2.15. The van der Waals surface area contributed by atoms with E-state index in [1.807, 2.05) is 24.9 Å². The Bertz CT molecular complexity index is 839. The molecule has 2 aromatic rings. The summed E-state index contributed by atoms with van der Waals surface area (Å²) >= 11 is 0. The Morgan fingerprint density at radius 3 is 2.64 bits per heavy atom. The molecule has 5 nitrogen and oxygen atoms in total. The number of hydrogen-bond acceptors (Lipinski definition) is 3.